The highest BCUT2D eigenvalue weighted by molar-refractivity contribution is 8.18. The van der Waals surface area contributed by atoms with Crippen LogP contribution in [0.15, 0.2) is 55.8 Å². The summed E-state index contributed by atoms with van der Waals surface area (Å²) in [5, 5.41) is 1.06. The third kappa shape index (κ3) is 3.76. The average molecular weight is 414 g/mol. The van der Waals surface area contributed by atoms with E-state index < -0.39 is 23.7 Å². The summed E-state index contributed by atoms with van der Waals surface area (Å²) in [7, 11) is 1.20. The van der Waals surface area contributed by atoms with Gasteiger partial charge in [-0.15, -0.1) is 0 Å². The second-order valence-corrected chi connectivity index (χ2v) is 7.98. The molecule has 2 amide bonds. The molecule has 2 aromatic rings. The number of fused-ring (bicyclic) bond motifs is 1. The van der Waals surface area contributed by atoms with Gasteiger partial charge in [0.15, 0.2) is 5.09 Å². The number of carbonyl (C=O) groups is 3. The predicted molar refractivity (Wildman–Crippen MR) is 106 cm³/mol. The highest BCUT2D eigenvalue weighted by Crippen LogP contribution is 2.35. The first kappa shape index (κ1) is 18.6. The van der Waals surface area contributed by atoms with E-state index in [9.17, 15) is 14.4 Å². The molecule has 4 rings (SSSR count). The maximum absolute atomic E-state index is 12.3. The standard InChI is InChI=1S/C19H14N2O5S2/c1-25-16(22)10-21-18(23)14(27-19(21)24)9-12-6-7-17(26-12)28-15-8-11-4-2-3-5-13(11)20-15/h2-7,9H,8,10H2,1H3/b14-9-. The van der Waals surface area contributed by atoms with Gasteiger partial charge in [0.25, 0.3) is 11.1 Å². The molecule has 0 aliphatic carbocycles. The second-order valence-electron chi connectivity index (χ2n) is 5.91. The number of furan rings is 1. The first-order valence-corrected chi connectivity index (χ1v) is 9.92. The van der Waals surface area contributed by atoms with Crippen molar-refractivity contribution in [3.05, 3.63) is 52.6 Å². The van der Waals surface area contributed by atoms with Crippen molar-refractivity contribution in [1.29, 1.82) is 0 Å². The Bertz CT molecular complexity index is 1040. The summed E-state index contributed by atoms with van der Waals surface area (Å²) in [6, 6.07) is 11.5. The van der Waals surface area contributed by atoms with Crippen LogP contribution < -0.4 is 0 Å². The van der Waals surface area contributed by atoms with Crippen molar-refractivity contribution >= 4 is 57.4 Å². The fourth-order valence-corrected chi connectivity index (χ4v) is 4.40. The van der Waals surface area contributed by atoms with Crippen molar-refractivity contribution in [2.75, 3.05) is 13.7 Å². The Morgan fingerprint density at radius 3 is 2.93 bits per heavy atom. The summed E-state index contributed by atoms with van der Waals surface area (Å²) < 4.78 is 10.3. The molecule has 9 heteroatoms. The molecule has 0 saturated carbocycles. The summed E-state index contributed by atoms with van der Waals surface area (Å²) in [5.41, 5.74) is 2.15. The normalized spacial score (nSPS) is 17.2. The Hall–Kier alpha value is -2.78. The van der Waals surface area contributed by atoms with Crippen molar-refractivity contribution < 1.29 is 23.5 Å². The Morgan fingerprint density at radius 1 is 1.32 bits per heavy atom. The van der Waals surface area contributed by atoms with Crippen molar-refractivity contribution in [2.45, 2.75) is 11.5 Å². The number of carbonyl (C=O) groups excluding carboxylic acids is 3. The van der Waals surface area contributed by atoms with E-state index in [1.54, 1.807) is 12.1 Å². The van der Waals surface area contributed by atoms with Crippen molar-refractivity contribution in [1.82, 2.24) is 4.90 Å². The zero-order valence-corrected chi connectivity index (χ0v) is 16.3. The van der Waals surface area contributed by atoms with Crippen LogP contribution in [-0.4, -0.2) is 40.7 Å². The molecule has 2 aliphatic heterocycles. The summed E-state index contributed by atoms with van der Waals surface area (Å²) in [6.45, 7) is -0.405. The van der Waals surface area contributed by atoms with E-state index in [1.165, 1.54) is 30.5 Å². The van der Waals surface area contributed by atoms with Crippen LogP contribution in [0.5, 0.6) is 0 Å². The average Bonchev–Trinajstić information content (AvgIpc) is 3.36. The van der Waals surface area contributed by atoms with Gasteiger partial charge in [-0.05, 0) is 47.3 Å². The van der Waals surface area contributed by atoms with Crippen molar-refractivity contribution in [3.8, 4) is 0 Å². The first-order chi connectivity index (χ1) is 13.5. The van der Waals surface area contributed by atoms with Gasteiger partial charge in [-0.25, -0.2) is 4.99 Å². The smallest absolute Gasteiger partial charge is 0.325 e. The predicted octanol–water partition coefficient (Wildman–Crippen LogP) is 3.87. The van der Waals surface area contributed by atoms with Crippen LogP contribution in [0.25, 0.3) is 6.08 Å². The Morgan fingerprint density at radius 2 is 2.14 bits per heavy atom. The molecule has 28 heavy (non-hydrogen) atoms. The van der Waals surface area contributed by atoms with Crippen LogP contribution in [0.1, 0.15) is 11.3 Å². The number of methoxy groups -OCH3 is 1. The van der Waals surface area contributed by atoms with E-state index in [2.05, 4.69) is 9.73 Å². The SMILES string of the molecule is COC(=O)CN1C(=O)S/C(=C\c2ccc(SC3=Nc4ccccc4C3)o2)C1=O. The Kier molecular flexibility index (Phi) is 5.10. The molecule has 0 radical (unpaired) electrons. The largest absolute Gasteiger partial charge is 0.468 e. The molecule has 142 valence electrons. The zero-order valence-electron chi connectivity index (χ0n) is 14.7. The lowest BCUT2D eigenvalue weighted by Gasteiger charge is -2.09. The molecule has 0 bridgehead atoms. The highest BCUT2D eigenvalue weighted by Gasteiger charge is 2.36. The van der Waals surface area contributed by atoms with Crippen molar-refractivity contribution in [3.63, 3.8) is 0 Å². The molecule has 1 aromatic carbocycles. The minimum absolute atomic E-state index is 0.199. The van der Waals surface area contributed by atoms with E-state index >= 15 is 0 Å². The number of para-hydroxylation sites is 1. The molecule has 0 unspecified atom stereocenters. The number of hydrogen-bond acceptors (Lipinski definition) is 8. The van der Waals surface area contributed by atoms with Crippen LogP contribution in [0, 0.1) is 0 Å². The molecular weight excluding hydrogens is 400 g/mol. The number of ether oxygens (including phenoxy) is 1. The number of thioether (sulfide) groups is 2. The van der Waals surface area contributed by atoms with Crippen LogP contribution in [0.2, 0.25) is 0 Å². The Balaban J connectivity index is 1.44. The van der Waals surface area contributed by atoms with Crippen LogP contribution in [0.3, 0.4) is 0 Å². The number of benzene rings is 1. The van der Waals surface area contributed by atoms with Crippen LogP contribution in [-0.2, 0) is 20.7 Å². The third-order valence-corrected chi connectivity index (χ3v) is 5.86. The van der Waals surface area contributed by atoms with E-state index in [0.29, 0.717) is 10.9 Å². The summed E-state index contributed by atoms with van der Waals surface area (Å²) in [4.78, 5) is 41.2. The molecular formula is C19H14N2O5S2. The van der Waals surface area contributed by atoms with E-state index in [-0.39, 0.29) is 4.91 Å². The molecule has 2 aliphatic rings. The van der Waals surface area contributed by atoms with Gasteiger partial charge in [-0.3, -0.25) is 19.3 Å². The molecule has 1 fully saturated rings. The molecule has 0 atom stereocenters. The lowest BCUT2D eigenvalue weighted by molar-refractivity contribution is -0.143. The van der Waals surface area contributed by atoms with Gasteiger partial charge in [0.05, 0.1) is 22.7 Å². The number of rotatable bonds is 4. The van der Waals surface area contributed by atoms with Crippen molar-refractivity contribution in [2.24, 2.45) is 4.99 Å². The van der Waals surface area contributed by atoms with E-state index in [1.807, 2.05) is 24.3 Å². The fourth-order valence-electron chi connectivity index (χ4n) is 2.71. The molecule has 0 spiro atoms. The number of aliphatic imine (C=N–C) groups is 1. The summed E-state index contributed by atoms with van der Waals surface area (Å²) in [5.74, 6) is -0.748. The summed E-state index contributed by atoms with van der Waals surface area (Å²) in [6.07, 6.45) is 2.25. The van der Waals surface area contributed by atoms with Gasteiger partial charge in [-0.1, -0.05) is 18.2 Å². The highest BCUT2D eigenvalue weighted by atomic mass is 32.2. The van der Waals surface area contributed by atoms with Gasteiger partial charge < -0.3 is 9.15 Å². The zero-order chi connectivity index (χ0) is 19.7. The molecule has 1 aromatic heterocycles. The number of hydrogen-bond donors (Lipinski definition) is 0. The lowest BCUT2D eigenvalue weighted by atomic mass is 10.2. The number of amides is 2. The van der Waals surface area contributed by atoms with Gasteiger partial charge >= 0.3 is 5.97 Å². The monoisotopic (exact) mass is 414 g/mol. The minimum atomic E-state index is -0.654. The second kappa shape index (κ2) is 7.69. The van der Waals surface area contributed by atoms with Gasteiger partial charge in [0.1, 0.15) is 12.3 Å². The van der Waals surface area contributed by atoms with Crippen LogP contribution in [0.4, 0.5) is 10.5 Å². The first-order valence-electron chi connectivity index (χ1n) is 8.29. The summed E-state index contributed by atoms with van der Waals surface area (Å²) >= 11 is 2.19. The van der Waals surface area contributed by atoms with Gasteiger partial charge in [0, 0.05) is 12.5 Å². The van der Waals surface area contributed by atoms with Gasteiger partial charge in [0.2, 0.25) is 0 Å². The topological polar surface area (TPSA) is 89.2 Å². The van der Waals surface area contributed by atoms with Crippen LogP contribution >= 0.6 is 23.5 Å². The molecule has 7 nitrogen and oxygen atoms in total. The fraction of sp³-hybridized carbons (Fsp3) is 0.158. The maximum Gasteiger partial charge on any atom is 0.325 e. The molecule has 3 heterocycles. The lowest BCUT2D eigenvalue weighted by Crippen LogP contribution is -2.34. The Labute approximate surface area is 168 Å². The van der Waals surface area contributed by atoms with E-state index in [4.69, 9.17) is 4.42 Å². The quantitative estimate of drug-likeness (QED) is 0.554. The maximum atomic E-state index is 12.3. The van der Waals surface area contributed by atoms with Gasteiger partial charge in [-0.2, -0.15) is 0 Å². The van der Waals surface area contributed by atoms with E-state index in [0.717, 1.165) is 33.8 Å². The number of nitrogens with zero attached hydrogens (tertiary/aromatic N) is 2. The molecule has 0 N–H and O–H groups in total. The molecule has 1 saturated heterocycles. The third-order valence-electron chi connectivity index (χ3n) is 4.06. The minimum Gasteiger partial charge on any atom is -0.468 e. The number of imide groups is 1. The number of esters is 1.